The molecule has 1 aromatic rings. The van der Waals surface area contributed by atoms with Crippen molar-refractivity contribution in [3.05, 3.63) is 29.8 Å². The van der Waals surface area contributed by atoms with E-state index in [1.165, 1.54) is 11.0 Å². The van der Waals surface area contributed by atoms with Crippen molar-refractivity contribution < 1.29 is 22.7 Å². The lowest BCUT2D eigenvalue weighted by Gasteiger charge is -2.23. The van der Waals surface area contributed by atoms with Crippen LogP contribution in [0.3, 0.4) is 0 Å². The third kappa shape index (κ3) is 4.48. The Bertz CT molecular complexity index is 711. The molecule has 0 radical (unpaired) electrons. The molecule has 1 amide bonds. The fourth-order valence-corrected chi connectivity index (χ4v) is 3.31. The number of carbonyl (C=O) groups excluding carboxylic acids is 1. The van der Waals surface area contributed by atoms with Crippen molar-refractivity contribution in [2.24, 2.45) is 0 Å². The standard InChI is InChI=1S/C16H21NO5S/c1-4-23(19,20)10-12(2)17(3)16(18)8-6-13-5-7-14-15(9-13)22-11-21-14/h5-9,12H,4,10-11H2,1-3H3. The van der Waals surface area contributed by atoms with Crippen molar-refractivity contribution in [3.63, 3.8) is 0 Å². The van der Waals surface area contributed by atoms with Crippen LogP contribution in [0.2, 0.25) is 0 Å². The van der Waals surface area contributed by atoms with Crippen molar-refractivity contribution in [3.8, 4) is 11.5 Å². The van der Waals surface area contributed by atoms with Gasteiger partial charge in [0.2, 0.25) is 12.7 Å². The first-order chi connectivity index (χ1) is 10.8. The summed E-state index contributed by atoms with van der Waals surface area (Å²) in [6.07, 6.45) is 3.09. The van der Waals surface area contributed by atoms with E-state index in [2.05, 4.69) is 0 Å². The van der Waals surface area contributed by atoms with Gasteiger partial charge in [0.25, 0.3) is 0 Å². The van der Waals surface area contributed by atoms with E-state index in [4.69, 9.17) is 9.47 Å². The van der Waals surface area contributed by atoms with E-state index in [-0.39, 0.29) is 30.2 Å². The van der Waals surface area contributed by atoms with Gasteiger partial charge in [-0.3, -0.25) is 4.79 Å². The number of sulfone groups is 1. The monoisotopic (exact) mass is 339 g/mol. The van der Waals surface area contributed by atoms with E-state index in [9.17, 15) is 13.2 Å². The third-order valence-electron chi connectivity index (χ3n) is 3.76. The molecule has 6 nitrogen and oxygen atoms in total. The second kappa shape index (κ2) is 7.04. The summed E-state index contributed by atoms with van der Waals surface area (Å²) in [7, 11) is -1.52. The van der Waals surface area contributed by atoms with Crippen molar-refractivity contribution in [2.45, 2.75) is 19.9 Å². The molecule has 1 unspecified atom stereocenters. The van der Waals surface area contributed by atoms with Crippen molar-refractivity contribution >= 4 is 21.8 Å². The molecule has 0 saturated carbocycles. The van der Waals surface area contributed by atoms with Gasteiger partial charge in [-0.2, -0.15) is 0 Å². The summed E-state index contributed by atoms with van der Waals surface area (Å²) in [6.45, 7) is 3.52. The maximum Gasteiger partial charge on any atom is 0.246 e. The first-order valence-corrected chi connectivity index (χ1v) is 9.19. The molecular weight excluding hydrogens is 318 g/mol. The molecule has 0 bridgehead atoms. The van der Waals surface area contributed by atoms with Gasteiger partial charge in [-0.15, -0.1) is 0 Å². The predicted molar refractivity (Wildman–Crippen MR) is 88.2 cm³/mol. The van der Waals surface area contributed by atoms with E-state index in [1.54, 1.807) is 39.1 Å². The molecule has 1 aromatic carbocycles. The Hall–Kier alpha value is -2.02. The predicted octanol–water partition coefficient (Wildman–Crippen LogP) is 1.71. The van der Waals surface area contributed by atoms with Crippen LogP contribution in [0.15, 0.2) is 24.3 Å². The number of carbonyl (C=O) groups is 1. The summed E-state index contributed by atoms with van der Waals surface area (Å²) < 4.78 is 33.8. The van der Waals surface area contributed by atoms with Gasteiger partial charge in [0.05, 0.1) is 5.75 Å². The number of hydrogen-bond acceptors (Lipinski definition) is 5. The lowest BCUT2D eigenvalue weighted by molar-refractivity contribution is -0.126. The van der Waals surface area contributed by atoms with Crippen LogP contribution in [0.25, 0.3) is 6.08 Å². The zero-order valence-corrected chi connectivity index (χ0v) is 14.3. The number of benzene rings is 1. The van der Waals surface area contributed by atoms with E-state index >= 15 is 0 Å². The van der Waals surface area contributed by atoms with Crippen LogP contribution in [0, 0.1) is 0 Å². The van der Waals surface area contributed by atoms with E-state index in [0.717, 1.165) is 5.56 Å². The Labute approximate surface area is 136 Å². The highest BCUT2D eigenvalue weighted by Gasteiger charge is 2.20. The maximum atomic E-state index is 12.2. The Kier molecular flexibility index (Phi) is 5.30. The normalized spacial score (nSPS) is 14.9. The lowest BCUT2D eigenvalue weighted by atomic mass is 10.2. The average Bonchev–Trinajstić information content (AvgIpc) is 2.99. The zero-order valence-electron chi connectivity index (χ0n) is 13.5. The van der Waals surface area contributed by atoms with Gasteiger partial charge in [0.1, 0.15) is 0 Å². The molecule has 7 heteroatoms. The average molecular weight is 339 g/mol. The molecule has 0 aromatic heterocycles. The number of hydrogen-bond donors (Lipinski definition) is 0. The molecular formula is C16H21NO5S. The summed E-state index contributed by atoms with van der Waals surface area (Å²) in [5.74, 6) is 1.12. The van der Waals surface area contributed by atoms with Crippen LogP contribution < -0.4 is 9.47 Å². The molecule has 0 aliphatic carbocycles. The molecule has 1 aliphatic rings. The Morgan fingerprint density at radius 2 is 2.04 bits per heavy atom. The lowest BCUT2D eigenvalue weighted by Crippen LogP contribution is -2.38. The number of amides is 1. The number of ether oxygens (including phenoxy) is 2. The minimum atomic E-state index is -3.12. The van der Waals surface area contributed by atoms with Crippen LogP contribution >= 0.6 is 0 Å². The van der Waals surface area contributed by atoms with E-state index in [0.29, 0.717) is 11.5 Å². The van der Waals surface area contributed by atoms with Gasteiger partial charge >= 0.3 is 0 Å². The first-order valence-electron chi connectivity index (χ1n) is 7.37. The van der Waals surface area contributed by atoms with Crippen LogP contribution in [0.5, 0.6) is 11.5 Å². The minimum Gasteiger partial charge on any atom is -0.454 e. The summed E-state index contributed by atoms with van der Waals surface area (Å²) in [5.41, 5.74) is 0.810. The van der Waals surface area contributed by atoms with Gasteiger partial charge < -0.3 is 14.4 Å². The fraction of sp³-hybridized carbons (Fsp3) is 0.438. The summed E-state index contributed by atoms with van der Waals surface area (Å²) in [5, 5.41) is 0. The van der Waals surface area contributed by atoms with Gasteiger partial charge in [0, 0.05) is 24.9 Å². The van der Waals surface area contributed by atoms with Crippen LogP contribution in [0.4, 0.5) is 0 Å². The Morgan fingerprint density at radius 3 is 2.74 bits per heavy atom. The largest absolute Gasteiger partial charge is 0.454 e. The number of nitrogens with zero attached hydrogens (tertiary/aromatic N) is 1. The number of likely N-dealkylation sites (N-methyl/N-ethyl adjacent to an activating group) is 1. The quantitative estimate of drug-likeness (QED) is 0.738. The van der Waals surface area contributed by atoms with Gasteiger partial charge in [-0.25, -0.2) is 8.42 Å². The molecule has 0 fully saturated rings. The van der Waals surface area contributed by atoms with Crippen LogP contribution in [-0.4, -0.2) is 50.6 Å². The van der Waals surface area contributed by atoms with Crippen molar-refractivity contribution in [1.82, 2.24) is 4.90 Å². The first kappa shape index (κ1) is 17.3. The van der Waals surface area contributed by atoms with Crippen LogP contribution in [0.1, 0.15) is 19.4 Å². The highest BCUT2D eigenvalue weighted by atomic mass is 32.2. The molecule has 0 N–H and O–H groups in total. The molecule has 126 valence electrons. The van der Waals surface area contributed by atoms with Gasteiger partial charge in [-0.1, -0.05) is 13.0 Å². The molecule has 0 saturated heterocycles. The fourth-order valence-electron chi connectivity index (χ4n) is 2.12. The Balaban J connectivity index is 2.00. The second-order valence-electron chi connectivity index (χ2n) is 5.44. The molecule has 0 spiro atoms. The SMILES string of the molecule is CCS(=O)(=O)CC(C)N(C)C(=O)C=Cc1ccc2c(c1)OCO2. The van der Waals surface area contributed by atoms with Gasteiger partial charge in [-0.05, 0) is 30.7 Å². The smallest absolute Gasteiger partial charge is 0.246 e. The molecule has 1 atom stereocenters. The number of fused-ring (bicyclic) bond motifs is 1. The third-order valence-corrected chi connectivity index (χ3v) is 5.63. The van der Waals surface area contributed by atoms with E-state index < -0.39 is 9.84 Å². The zero-order chi connectivity index (χ0) is 17.0. The van der Waals surface area contributed by atoms with Crippen LogP contribution in [-0.2, 0) is 14.6 Å². The minimum absolute atomic E-state index is 0.0381. The highest BCUT2D eigenvalue weighted by Crippen LogP contribution is 2.32. The van der Waals surface area contributed by atoms with Crippen molar-refractivity contribution in [2.75, 3.05) is 25.3 Å². The molecule has 1 heterocycles. The topological polar surface area (TPSA) is 72.9 Å². The Morgan fingerprint density at radius 1 is 1.35 bits per heavy atom. The summed E-state index contributed by atoms with van der Waals surface area (Å²) in [4.78, 5) is 13.6. The second-order valence-corrected chi connectivity index (χ2v) is 7.84. The maximum absolute atomic E-state index is 12.2. The van der Waals surface area contributed by atoms with Crippen molar-refractivity contribution in [1.29, 1.82) is 0 Å². The number of rotatable bonds is 6. The van der Waals surface area contributed by atoms with Gasteiger partial charge in [0.15, 0.2) is 21.3 Å². The highest BCUT2D eigenvalue weighted by molar-refractivity contribution is 7.91. The summed E-state index contributed by atoms with van der Waals surface area (Å²) >= 11 is 0. The summed E-state index contributed by atoms with van der Waals surface area (Å²) in [6, 6.07) is 5.01. The molecule has 23 heavy (non-hydrogen) atoms. The van der Waals surface area contributed by atoms with E-state index in [1.807, 2.05) is 6.07 Å². The molecule has 1 aliphatic heterocycles. The molecule has 2 rings (SSSR count).